The lowest BCUT2D eigenvalue weighted by molar-refractivity contribution is 0.0943. The molecule has 0 bridgehead atoms. The van der Waals surface area contributed by atoms with E-state index in [1.165, 1.54) is 17.3 Å². The summed E-state index contributed by atoms with van der Waals surface area (Å²) in [4.78, 5) is 36.5. The largest absolute Gasteiger partial charge is 0.350 e. The number of amidine groups is 1. The SMILES string of the molecule is CC(C)NC(=O)c1ccc(Sc2nc(NC3=NCC(C(C)C)=C3)nc(N3CCN(C)CC3)n2)cc1. The maximum atomic E-state index is 12.3. The summed E-state index contributed by atoms with van der Waals surface area (Å²) in [6, 6.07) is 7.59. The minimum Gasteiger partial charge on any atom is -0.350 e. The number of aliphatic imine (C=N–C) groups is 1. The number of hydrogen-bond donors (Lipinski definition) is 2. The number of anilines is 2. The molecule has 0 spiro atoms. The van der Waals surface area contributed by atoms with E-state index in [0.29, 0.717) is 35.1 Å². The summed E-state index contributed by atoms with van der Waals surface area (Å²) in [5.41, 5.74) is 1.92. The minimum absolute atomic E-state index is 0.0771. The summed E-state index contributed by atoms with van der Waals surface area (Å²) >= 11 is 1.45. The highest BCUT2D eigenvalue weighted by atomic mass is 32.2. The van der Waals surface area contributed by atoms with Gasteiger partial charge in [-0.25, -0.2) is 0 Å². The lowest BCUT2D eigenvalue weighted by atomic mass is 10.0. The van der Waals surface area contributed by atoms with Crippen molar-refractivity contribution in [2.45, 2.75) is 43.8 Å². The van der Waals surface area contributed by atoms with E-state index in [1.54, 1.807) is 0 Å². The molecule has 0 aliphatic carbocycles. The highest BCUT2D eigenvalue weighted by molar-refractivity contribution is 7.99. The van der Waals surface area contributed by atoms with E-state index < -0.39 is 0 Å². The standard InChI is InChI=1S/C25H34N8OS/c1-16(2)19-14-21(26-15-19)28-23-29-24(33-12-10-32(5)11-13-33)31-25(30-23)35-20-8-6-18(7-9-20)22(34)27-17(3)4/h6-9,14,16-17H,10-13,15H2,1-5H3,(H,27,34)(H,26,28,29,30,31). The Morgan fingerprint density at radius 1 is 1.00 bits per heavy atom. The first kappa shape index (κ1) is 25.1. The number of aromatic nitrogens is 3. The molecule has 2 aromatic rings. The van der Waals surface area contributed by atoms with Gasteiger partial charge in [0.25, 0.3) is 5.91 Å². The molecule has 9 nitrogen and oxygen atoms in total. The summed E-state index contributed by atoms with van der Waals surface area (Å²) in [6.07, 6.45) is 2.08. The quantitative estimate of drug-likeness (QED) is 0.605. The zero-order valence-electron chi connectivity index (χ0n) is 21.1. The Hall–Kier alpha value is -2.98. The number of piperazine rings is 1. The van der Waals surface area contributed by atoms with Crippen LogP contribution in [0.15, 0.2) is 51.0 Å². The van der Waals surface area contributed by atoms with Crippen LogP contribution in [0.2, 0.25) is 0 Å². The third-order valence-electron chi connectivity index (χ3n) is 5.87. The van der Waals surface area contributed by atoms with Crippen LogP contribution >= 0.6 is 11.8 Å². The van der Waals surface area contributed by atoms with Crippen molar-refractivity contribution >= 4 is 35.4 Å². The molecule has 1 fully saturated rings. The Kier molecular flexibility index (Phi) is 8.02. The van der Waals surface area contributed by atoms with Crippen molar-refractivity contribution in [2.24, 2.45) is 10.9 Å². The average Bonchev–Trinajstić information content (AvgIpc) is 3.28. The van der Waals surface area contributed by atoms with Crippen LogP contribution in [0, 0.1) is 5.92 Å². The van der Waals surface area contributed by atoms with Gasteiger partial charge in [-0.15, -0.1) is 0 Å². The number of benzene rings is 1. The molecular formula is C25H34N8OS. The van der Waals surface area contributed by atoms with Gasteiger partial charge in [0.2, 0.25) is 11.9 Å². The lowest BCUT2D eigenvalue weighted by Crippen LogP contribution is -2.45. The number of amides is 1. The summed E-state index contributed by atoms with van der Waals surface area (Å²) in [5, 5.41) is 6.80. The first-order valence-electron chi connectivity index (χ1n) is 12.1. The van der Waals surface area contributed by atoms with E-state index in [4.69, 9.17) is 9.97 Å². The Balaban J connectivity index is 1.55. The van der Waals surface area contributed by atoms with Gasteiger partial charge in [-0.3, -0.25) is 9.79 Å². The van der Waals surface area contributed by atoms with Gasteiger partial charge in [0.15, 0.2) is 5.16 Å². The second-order valence-electron chi connectivity index (χ2n) is 9.49. The van der Waals surface area contributed by atoms with Crippen molar-refractivity contribution < 1.29 is 4.79 Å². The number of likely N-dealkylation sites (N-methyl/N-ethyl adjacent to an activating group) is 1. The van der Waals surface area contributed by atoms with E-state index in [-0.39, 0.29) is 11.9 Å². The topological polar surface area (TPSA) is 98.6 Å². The van der Waals surface area contributed by atoms with Crippen LogP contribution in [0.1, 0.15) is 38.1 Å². The first-order chi connectivity index (χ1) is 16.8. The number of carbonyl (C=O) groups is 1. The predicted molar refractivity (Wildman–Crippen MR) is 142 cm³/mol. The molecule has 4 rings (SSSR count). The zero-order chi connectivity index (χ0) is 24.9. The maximum Gasteiger partial charge on any atom is 0.251 e. The van der Waals surface area contributed by atoms with Gasteiger partial charge in [-0.1, -0.05) is 13.8 Å². The van der Waals surface area contributed by atoms with Crippen LogP contribution in [0.25, 0.3) is 0 Å². The number of hydrogen-bond acceptors (Lipinski definition) is 9. The molecule has 3 heterocycles. The van der Waals surface area contributed by atoms with Crippen LogP contribution in [0.3, 0.4) is 0 Å². The van der Waals surface area contributed by atoms with Crippen LogP contribution in [0.5, 0.6) is 0 Å². The van der Waals surface area contributed by atoms with Crippen LogP contribution in [-0.2, 0) is 0 Å². The van der Waals surface area contributed by atoms with E-state index in [0.717, 1.165) is 36.9 Å². The molecule has 0 unspecified atom stereocenters. The summed E-state index contributed by atoms with van der Waals surface area (Å²) < 4.78 is 0. The molecule has 35 heavy (non-hydrogen) atoms. The van der Waals surface area contributed by atoms with Gasteiger partial charge >= 0.3 is 0 Å². The summed E-state index contributed by atoms with van der Waals surface area (Å²) in [5.74, 6) is 2.31. The fourth-order valence-electron chi connectivity index (χ4n) is 3.70. The van der Waals surface area contributed by atoms with Crippen molar-refractivity contribution in [3.63, 3.8) is 0 Å². The number of rotatable bonds is 7. The molecule has 1 amide bonds. The first-order valence-corrected chi connectivity index (χ1v) is 12.9. The molecule has 1 aromatic heterocycles. The predicted octanol–water partition coefficient (Wildman–Crippen LogP) is 3.32. The fraction of sp³-hybridized carbons (Fsp3) is 0.480. The van der Waals surface area contributed by atoms with E-state index >= 15 is 0 Å². The van der Waals surface area contributed by atoms with Crippen LogP contribution < -0.4 is 15.5 Å². The van der Waals surface area contributed by atoms with Crippen molar-refractivity contribution in [3.05, 3.63) is 41.5 Å². The lowest BCUT2D eigenvalue weighted by Gasteiger charge is -2.32. The molecule has 2 aliphatic rings. The molecule has 10 heteroatoms. The second kappa shape index (κ2) is 11.2. The normalized spacial score (nSPS) is 16.5. The van der Waals surface area contributed by atoms with E-state index in [2.05, 4.69) is 57.4 Å². The third kappa shape index (κ3) is 6.79. The van der Waals surface area contributed by atoms with E-state index in [9.17, 15) is 4.79 Å². The molecule has 1 aromatic carbocycles. The van der Waals surface area contributed by atoms with Crippen molar-refractivity contribution in [1.82, 2.24) is 25.2 Å². The highest BCUT2D eigenvalue weighted by Crippen LogP contribution is 2.27. The smallest absolute Gasteiger partial charge is 0.251 e. The fourth-order valence-corrected chi connectivity index (χ4v) is 4.45. The highest BCUT2D eigenvalue weighted by Gasteiger charge is 2.20. The molecule has 0 atom stereocenters. The summed E-state index contributed by atoms with van der Waals surface area (Å²) in [6.45, 7) is 12.6. The molecule has 0 saturated carbocycles. The van der Waals surface area contributed by atoms with Crippen molar-refractivity contribution in [2.75, 3.05) is 50.0 Å². The van der Waals surface area contributed by atoms with Gasteiger partial charge in [-0.05, 0) is 74.5 Å². The number of nitrogens with zero attached hydrogens (tertiary/aromatic N) is 6. The minimum atomic E-state index is -0.0771. The van der Waals surface area contributed by atoms with Gasteiger partial charge in [-0.2, -0.15) is 15.0 Å². The monoisotopic (exact) mass is 494 g/mol. The second-order valence-corrected chi connectivity index (χ2v) is 10.5. The van der Waals surface area contributed by atoms with Crippen LogP contribution in [0.4, 0.5) is 11.9 Å². The van der Waals surface area contributed by atoms with Gasteiger partial charge in [0.1, 0.15) is 5.84 Å². The Bertz CT molecular complexity index is 1100. The van der Waals surface area contributed by atoms with Gasteiger partial charge in [0, 0.05) is 42.7 Å². The van der Waals surface area contributed by atoms with E-state index in [1.807, 2.05) is 38.1 Å². The van der Waals surface area contributed by atoms with Crippen molar-refractivity contribution in [3.8, 4) is 0 Å². The third-order valence-corrected chi connectivity index (χ3v) is 6.74. The Morgan fingerprint density at radius 2 is 1.71 bits per heavy atom. The average molecular weight is 495 g/mol. The number of nitrogens with one attached hydrogen (secondary N) is 2. The van der Waals surface area contributed by atoms with Crippen LogP contribution in [-0.4, -0.2) is 77.4 Å². The van der Waals surface area contributed by atoms with Crippen molar-refractivity contribution in [1.29, 1.82) is 0 Å². The molecular weight excluding hydrogens is 460 g/mol. The number of carbonyl (C=O) groups excluding carboxylic acids is 1. The molecule has 0 radical (unpaired) electrons. The molecule has 2 N–H and O–H groups in total. The van der Waals surface area contributed by atoms with Gasteiger partial charge in [0.05, 0.1) is 6.54 Å². The Morgan fingerprint density at radius 3 is 2.34 bits per heavy atom. The maximum absolute atomic E-state index is 12.3. The summed E-state index contributed by atoms with van der Waals surface area (Å²) in [7, 11) is 2.13. The molecule has 1 saturated heterocycles. The van der Waals surface area contributed by atoms with Gasteiger partial charge < -0.3 is 20.4 Å². The Labute approximate surface area is 211 Å². The zero-order valence-corrected chi connectivity index (χ0v) is 21.9. The molecule has 2 aliphatic heterocycles. The molecule has 186 valence electrons.